The van der Waals surface area contributed by atoms with Crippen LogP contribution in [0.5, 0.6) is 5.88 Å². The van der Waals surface area contributed by atoms with Crippen molar-refractivity contribution < 1.29 is 27.8 Å². The SMILES string of the molecule is O=C([O-])c1cccnc1OC1CCN(Cc2cccc(C(F)(F)F)c2)C1. The molecule has 0 N–H and O–H groups in total. The van der Waals surface area contributed by atoms with Gasteiger partial charge in [0.05, 0.1) is 17.1 Å². The molecule has 3 rings (SSSR count). The number of rotatable bonds is 5. The van der Waals surface area contributed by atoms with Gasteiger partial charge in [0, 0.05) is 25.8 Å². The van der Waals surface area contributed by atoms with Crippen molar-refractivity contribution in [3.05, 3.63) is 59.3 Å². The Morgan fingerprint density at radius 1 is 1.31 bits per heavy atom. The van der Waals surface area contributed by atoms with E-state index in [9.17, 15) is 23.1 Å². The van der Waals surface area contributed by atoms with E-state index in [0.717, 1.165) is 12.1 Å². The Bertz CT molecular complexity index is 795. The number of carbonyl (C=O) groups is 1. The number of hydrogen-bond acceptors (Lipinski definition) is 5. The molecule has 1 atom stereocenters. The molecule has 1 aromatic heterocycles. The van der Waals surface area contributed by atoms with Crippen LogP contribution >= 0.6 is 0 Å². The number of benzene rings is 1. The number of aromatic carboxylic acids is 1. The van der Waals surface area contributed by atoms with Crippen molar-refractivity contribution in [2.45, 2.75) is 25.2 Å². The topological polar surface area (TPSA) is 65.5 Å². The van der Waals surface area contributed by atoms with Crippen LogP contribution in [0.2, 0.25) is 0 Å². The molecule has 0 spiro atoms. The van der Waals surface area contributed by atoms with Crippen LogP contribution in [-0.2, 0) is 12.7 Å². The van der Waals surface area contributed by atoms with Gasteiger partial charge in [-0.2, -0.15) is 13.2 Å². The van der Waals surface area contributed by atoms with Gasteiger partial charge in [0.15, 0.2) is 0 Å². The summed E-state index contributed by atoms with van der Waals surface area (Å²) in [7, 11) is 0. The number of alkyl halides is 3. The van der Waals surface area contributed by atoms with Crippen LogP contribution in [0, 0.1) is 0 Å². The number of likely N-dealkylation sites (tertiary alicyclic amines) is 1. The number of carbonyl (C=O) groups excluding carboxylic acids is 1. The van der Waals surface area contributed by atoms with Gasteiger partial charge in [0.2, 0.25) is 5.88 Å². The summed E-state index contributed by atoms with van der Waals surface area (Å²) in [5.41, 5.74) is -0.230. The predicted molar refractivity (Wildman–Crippen MR) is 84.3 cm³/mol. The molecule has 1 aromatic carbocycles. The molecule has 138 valence electrons. The first-order valence-electron chi connectivity index (χ1n) is 8.04. The van der Waals surface area contributed by atoms with Gasteiger partial charge < -0.3 is 14.6 Å². The maximum absolute atomic E-state index is 12.8. The molecular weight excluding hydrogens is 349 g/mol. The number of carboxylic acids is 1. The van der Waals surface area contributed by atoms with E-state index in [0.29, 0.717) is 31.6 Å². The molecule has 0 saturated carbocycles. The van der Waals surface area contributed by atoms with E-state index in [4.69, 9.17) is 4.74 Å². The smallest absolute Gasteiger partial charge is 0.416 e. The molecule has 1 aliphatic rings. The van der Waals surface area contributed by atoms with E-state index in [1.807, 2.05) is 4.90 Å². The first kappa shape index (κ1) is 18.2. The lowest BCUT2D eigenvalue weighted by Crippen LogP contribution is -2.27. The van der Waals surface area contributed by atoms with Gasteiger partial charge in [-0.25, -0.2) is 4.98 Å². The quantitative estimate of drug-likeness (QED) is 0.812. The Kier molecular flexibility index (Phi) is 5.13. The van der Waals surface area contributed by atoms with Crippen molar-refractivity contribution in [1.29, 1.82) is 0 Å². The average Bonchev–Trinajstić information content (AvgIpc) is 3.01. The zero-order valence-electron chi connectivity index (χ0n) is 13.7. The predicted octanol–water partition coefficient (Wildman–Crippen LogP) is 2.12. The lowest BCUT2D eigenvalue weighted by Gasteiger charge is -2.18. The summed E-state index contributed by atoms with van der Waals surface area (Å²) in [5, 5.41) is 11.1. The van der Waals surface area contributed by atoms with Crippen LogP contribution in [-0.4, -0.2) is 35.0 Å². The summed E-state index contributed by atoms with van der Waals surface area (Å²) in [6, 6.07) is 8.06. The minimum Gasteiger partial charge on any atom is -0.545 e. The van der Waals surface area contributed by atoms with Crippen molar-refractivity contribution in [3.63, 3.8) is 0 Å². The molecule has 1 saturated heterocycles. The number of carboxylic acid groups (broad SMARTS) is 1. The lowest BCUT2D eigenvalue weighted by atomic mass is 10.1. The molecule has 2 heterocycles. The Hall–Kier alpha value is -2.61. The number of pyridine rings is 1. The largest absolute Gasteiger partial charge is 0.545 e. The maximum atomic E-state index is 12.8. The van der Waals surface area contributed by atoms with Gasteiger partial charge in [-0.05, 0) is 30.2 Å². The van der Waals surface area contributed by atoms with E-state index in [2.05, 4.69) is 4.98 Å². The highest BCUT2D eigenvalue weighted by molar-refractivity contribution is 5.88. The average molecular weight is 365 g/mol. The summed E-state index contributed by atoms with van der Waals surface area (Å²) in [5.74, 6) is -1.37. The standard InChI is InChI=1S/C18H17F3N2O3/c19-18(20,21)13-4-1-3-12(9-13)10-23-8-6-14(11-23)26-16-15(17(24)25)5-2-7-22-16/h1-5,7,9,14H,6,8,10-11H2,(H,24,25)/p-1. The molecule has 0 bridgehead atoms. The Morgan fingerprint density at radius 2 is 2.12 bits per heavy atom. The fourth-order valence-electron chi connectivity index (χ4n) is 2.94. The number of ether oxygens (including phenoxy) is 1. The fraction of sp³-hybridized carbons (Fsp3) is 0.333. The summed E-state index contributed by atoms with van der Waals surface area (Å²) in [4.78, 5) is 17.0. The molecule has 0 aliphatic carbocycles. The fourth-order valence-corrected chi connectivity index (χ4v) is 2.94. The molecule has 1 fully saturated rings. The van der Waals surface area contributed by atoms with E-state index in [-0.39, 0.29) is 17.5 Å². The van der Waals surface area contributed by atoms with Crippen molar-refractivity contribution in [2.24, 2.45) is 0 Å². The van der Waals surface area contributed by atoms with Crippen LogP contribution in [0.3, 0.4) is 0 Å². The van der Waals surface area contributed by atoms with Crippen molar-refractivity contribution in [3.8, 4) is 5.88 Å². The normalized spacial score (nSPS) is 18.0. The second-order valence-corrected chi connectivity index (χ2v) is 6.11. The van der Waals surface area contributed by atoms with E-state index < -0.39 is 17.7 Å². The molecule has 26 heavy (non-hydrogen) atoms. The number of halogens is 3. The molecule has 1 aliphatic heterocycles. The molecule has 0 radical (unpaired) electrons. The maximum Gasteiger partial charge on any atom is 0.416 e. The lowest BCUT2D eigenvalue weighted by molar-refractivity contribution is -0.255. The first-order chi connectivity index (χ1) is 12.3. The minimum absolute atomic E-state index is 0.00146. The molecule has 1 unspecified atom stereocenters. The zero-order chi connectivity index (χ0) is 18.7. The van der Waals surface area contributed by atoms with Gasteiger partial charge in [-0.3, -0.25) is 4.90 Å². The van der Waals surface area contributed by atoms with Crippen molar-refractivity contribution >= 4 is 5.97 Å². The zero-order valence-corrected chi connectivity index (χ0v) is 13.7. The van der Waals surface area contributed by atoms with Gasteiger partial charge in [0.25, 0.3) is 0 Å². The monoisotopic (exact) mass is 365 g/mol. The van der Waals surface area contributed by atoms with Crippen LogP contribution in [0.25, 0.3) is 0 Å². The summed E-state index contributed by atoms with van der Waals surface area (Å²) < 4.78 is 44.0. The molecular formula is C18H16F3N2O3-. The van der Waals surface area contributed by atoms with Crippen molar-refractivity contribution in [2.75, 3.05) is 13.1 Å². The number of nitrogens with zero attached hydrogens (tertiary/aromatic N) is 2. The number of aromatic nitrogens is 1. The van der Waals surface area contributed by atoms with Crippen LogP contribution in [0.4, 0.5) is 13.2 Å². The highest BCUT2D eigenvalue weighted by Gasteiger charge is 2.31. The third-order valence-electron chi connectivity index (χ3n) is 4.16. The summed E-state index contributed by atoms with van der Waals surface area (Å²) in [6.45, 7) is 1.47. The van der Waals surface area contributed by atoms with Gasteiger partial charge >= 0.3 is 6.18 Å². The third-order valence-corrected chi connectivity index (χ3v) is 4.16. The third kappa shape index (κ3) is 4.32. The Morgan fingerprint density at radius 3 is 2.85 bits per heavy atom. The van der Waals surface area contributed by atoms with E-state index in [1.165, 1.54) is 24.4 Å². The Labute approximate surface area is 148 Å². The summed E-state index contributed by atoms with van der Waals surface area (Å²) in [6.07, 6.45) is -2.60. The highest BCUT2D eigenvalue weighted by atomic mass is 19.4. The minimum atomic E-state index is -4.37. The van der Waals surface area contributed by atoms with Gasteiger partial charge in [0.1, 0.15) is 6.10 Å². The second kappa shape index (κ2) is 7.33. The highest BCUT2D eigenvalue weighted by Crippen LogP contribution is 2.30. The van der Waals surface area contributed by atoms with Crippen LogP contribution in [0.15, 0.2) is 42.6 Å². The first-order valence-corrected chi connectivity index (χ1v) is 8.04. The van der Waals surface area contributed by atoms with Crippen LogP contribution < -0.4 is 9.84 Å². The number of hydrogen-bond donors (Lipinski definition) is 0. The second-order valence-electron chi connectivity index (χ2n) is 6.11. The molecule has 2 aromatic rings. The van der Waals surface area contributed by atoms with Gasteiger partial charge in [-0.1, -0.05) is 18.2 Å². The molecule has 0 amide bonds. The van der Waals surface area contributed by atoms with E-state index >= 15 is 0 Å². The molecule has 5 nitrogen and oxygen atoms in total. The van der Waals surface area contributed by atoms with Gasteiger partial charge in [-0.15, -0.1) is 0 Å². The summed E-state index contributed by atoms with van der Waals surface area (Å²) >= 11 is 0. The Balaban J connectivity index is 1.62. The van der Waals surface area contributed by atoms with Crippen LogP contribution in [0.1, 0.15) is 27.9 Å². The molecule has 8 heteroatoms. The van der Waals surface area contributed by atoms with Crippen molar-refractivity contribution in [1.82, 2.24) is 9.88 Å². The van der Waals surface area contributed by atoms with E-state index in [1.54, 1.807) is 6.07 Å².